The van der Waals surface area contributed by atoms with E-state index in [1.54, 1.807) is 13.0 Å². The first-order valence-corrected chi connectivity index (χ1v) is 7.01. The highest BCUT2D eigenvalue weighted by molar-refractivity contribution is 5.85. The average Bonchev–Trinajstić information content (AvgIpc) is 2.95. The van der Waals surface area contributed by atoms with Crippen molar-refractivity contribution in [3.8, 4) is 11.4 Å². The summed E-state index contributed by atoms with van der Waals surface area (Å²) in [6, 6.07) is 2.59. The van der Waals surface area contributed by atoms with E-state index in [0.29, 0.717) is 18.5 Å². The fourth-order valence-electron chi connectivity index (χ4n) is 2.49. The molecule has 120 valence electrons. The molecule has 2 aromatic rings. The van der Waals surface area contributed by atoms with Crippen molar-refractivity contribution >= 4 is 5.91 Å². The minimum Gasteiger partial charge on any atom is -0.376 e. The fraction of sp³-hybridized carbons (Fsp3) is 0.286. The molecule has 0 fully saturated rings. The zero-order chi connectivity index (χ0) is 16.6. The lowest BCUT2D eigenvalue weighted by atomic mass is 9.92. The third-order valence-corrected chi connectivity index (χ3v) is 3.55. The van der Waals surface area contributed by atoms with Gasteiger partial charge in [-0.1, -0.05) is 11.2 Å². The SMILES string of the molecule is C=CCC1C(=O)N(CC)Oc2cc(F)c(-n3nnc(=O)[nH]3)cc21. The van der Waals surface area contributed by atoms with Crippen molar-refractivity contribution in [3.05, 3.63) is 46.7 Å². The van der Waals surface area contributed by atoms with Gasteiger partial charge in [0, 0.05) is 11.6 Å². The Balaban J connectivity index is 2.14. The molecule has 0 radical (unpaired) electrons. The first kappa shape index (κ1) is 14.9. The zero-order valence-corrected chi connectivity index (χ0v) is 12.3. The molecule has 0 saturated heterocycles. The molecule has 23 heavy (non-hydrogen) atoms. The number of carbonyl (C=O) groups is 1. The predicted molar refractivity (Wildman–Crippen MR) is 77.5 cm³/mol. The van der Waals surface area contributed by atoms with E-state index in [1.165, 1.54) is 11.1 Å². The van der Waals surface area contributed by atoms with Crippen molar-refractivity contribution in [3.63, 3.8) is 0 Å². The first-order valence-electron chi connectivity index (χ1n) is 7.01. The van der Waals surface area contributed by atoms with Gasteiger partial charge < -0.3 is 4.84 Å². The van der Waals surface area contributed by atoms with Gasteiger partial charge in [-0.15, -0.1) is 11.4 Å². The van der Waals surface area contributed by atoms with Gasteiger partial charge in [-0.05, 0) is 24.6 Å². The molecule has 1 unspecified atom stereocenters. The van der Waals surface area contributed by atoms with Crippen molar-refractivity contribution in [1.82, 2.24) is 25.3 Å². The van der Waals surface area contributed by atoms with Gasteiger partial charge in [0.15, 0.2) is 11.6 Å². The van der Waals surface area contributed by atoms with E-state index in [4.69, 9.17) is 4.84 Å². The number of benzene rings is 1. The molecule has 0 bridgehead atoms. The monoisotopic (exact) mass is 319 g/mol. The van der Waals surface area contributed by atoms with Crippen LogP contribution in [0.2, 0.25) is 0 Å². The molecular weight excluding hydrogens is 305 g/mol. The zero-order valence-electron chi connectivity index (χ0n) is 12.3. The average molecular weight is 319 g/mol. The van der Waals surface area contributed by atoms with Crippen molar-refractivity contribution in [2.45, 2.75) is 19.3 Å². The molecule has 1 aliphatic rings. The number of carbonyl (C=O) groups excluding carboxylic acids is 1. The number of hydroxylamine groups is 2. The molecule has 1 aromatic carbocycles. The van der Waals surface area contributed by atoms with Gasteiger partial charge in [-0.25, -0.2) is 14.3 Å². The van der Waals surface area contributed by atoms with Crippen LogP contribution in [0.1, 0.15) is 24.8 Å². The summed E-state index contributed by atoms with van der Waals surface area (Å²) in [7, 11) is 0. The summed E-state index contributed by atoms with van der Waals surface area (Å²) in [6.07, 6.45) is 2.00. The maximum Gasteiger partial charge on any atom is 0.381 e. The van der Waals surface area contributed by atoms with Crippen LogP contribution < -0.4 is 10.5 Å². The molecule has 1 aliphatic heterocycles. The summed E-state index contributed by atoms with van der Waals surface area (Å²) >= 11 is 0. The Morgan fingerprint density at radius 3 is 2.87 bits per heavy atom. The number of hydrogen-bond acceptors (Lipinski definition) is 5. The van der Waals surface area contributed by atoms with E-state index in [9.17, 15) is 14.0 Å². The van der Waals surface area contributed by atoms with Crippen LogP contribution in [0, 0.1) is 5.82 Å². The second kappa shape index (κ2) is 5.67. The molecule has 0 saturated carbocycles. The number of tetrazole rings is 1. The molecule has 1 N–H and O–H groups in total. The highest BCUT2D eigenvalue weighted by Crippen LogP contribution is 2.38. The molecule has 1 aromatic heterocycles. The van der Waals surface area contributed by atoms with Crippen LogP contribution in [0.5, 0.6) is 5.75 Å². The number of aromatic amines is 1. The largest absolute Gasteiger partial charge is 0.381 e. The summed E-state index contributed by atoms with van der Waals surface area (Å²) in [4.78, 5) is 29.9. The molecule has 2 heterocycles. The van der Waals surface area contributed by atoms with Crippen LogP contribution in [0.4, 0.5) is 4.39 Å². The van der Waals surface area contributed by atoms with Crippen LogP contribution in [0.25, 0.3) is 5.69 Å². The smallest absolute Gasteiger partial charge is 0.376 e. The number of fused-ring (bicyclic) bond motifs is 1. The number of nitrogens with zero attached hydrogens (tertiary/aromatic N) is 4. The molecule has 8 nitrogen and oxygen atoms in total. The summed E-state index contributed by atoms with van der Waals surface area (Å²) in [5.41, 5.74) is -0.213. The molecular formula is C14H14FN5O3. The Hall–Kier alpha value is -2.97. The summed E-state index contributed by atoms with van der Waals surface area (Å²) < 4.78 is 14.3. The van der Waals surface area contributed by atoms with E-state index >= 15 is 0 Å². The van der Waals surface area contributed by atoms with E-state index in [-0.39, 0.29) is 17.3 Å². The van der Waals surface area contributed by atoms with Crippen LogP contribution >= 0.6 is 0 Å². The van der Waals surface area contributed by atoms with Gasteiger partial charge in [0.1, 0.15) is 5.69 Å². The Morgan fingerprint density at radius 1 is 1.48 bits per heavy atom. The van der Waals surface area contributed by atoms with Gasteiger partial charge in [0.2, 0.25) is 0 Å². The van der Waals surface area contributed by atoms with E-state index < -0.39 is 17.4 Å². The molecule has 1 amide bonds. The van der Waals surface area contributed by atoms with Crippen LogP contribution in [-0.4, -0.2) is 37.7 Å². The minimum atomic E-state index is -0.700. The van der Waals surface area contributed by atoms with E-state index in [2.05, 4.69) is 22.0 Å². The fourth-order valence-corrected chi connectivity index (χ4v) is 2.49. The van der Waals surface area contributed by atoms with E-state index in [0.717, 1.165) is 10.9 Å². The summed E-state index contributed by atoms with van der Waals surface area (Å²) in [5.74, 6) is -1.18. The second-order valence-electron chi connectivity index (χ2n) is 4.96. The van der Waals surface area contributed by atoms with Crippen LogP contribution in [0.15, 0.2) is 29.6 Å². The van der Waals surface area contributed by atoms with Crippen molar-refractivity contribution < 1.29 is 14.0 Å². The first-order chi connectivity index (χ1) is 11.0. The number of halogens is 1. The lowest BCUT2D eigenvalue weighted by Gasteiger charge is -2.32. The Kier molecular flexibility index (Phi) is 3.68. The van der Waals surface area contributed by atoms with E-state index in [1.807, 2.05) is 0 Å². The normalized spacial score (nSPS) is 16.9. The molecule has 0 spiro atoms. The predicted octanol–water partition coefficient (Wildman–Crippen LogP) is 0.910. The van der Waals surface area contributed by atoms with Gasteiger partial charge in [0.25, 0.3) is 5.91 Å². The number of aromatic nitrogens is 4. The number of likely N-dealkylation sites (N-methyl/N-ethyl adjacent to an activating group) is 1. The van der Waals surface area contributed by atoms with Gasteiger partial charge in [-0.3, -0.25) is 4.79 Å². The molecule has 1 atom stereocenters. The number of nitrogens with one attached hydrogen (secondary N) is 1. The maximum atomic E-state index is 14.3. The van der Waals surface area contributed by atoms with Crippen molar-refractivity contribution in [2.24, 2.45) is 0 Å². The number of hydrogen-bond donors (Lipinski definition) is 1. The van der Waals surface area contributed by atoms with Crippen LogP contribution in [-0.2, 0) is 4.79 Å². The number of allylic oxidation sites excluding steroid dienone is 1. The summed E-state index contributed by atoms with van der Waals surface area (Å²) in [5, 5.41) is 10.2. The number of H-pyrrole nitrogens is 1. The highest BCUT2D eigenvalue weighted by atomic mass is 19.1. The molecule has 0 aliphatic carbocycles. The third kappa shape index (κ3) is 2.50. The standard InChI is InChI=1S/C14H14FN5O3/c1-3-5-8-9-6-11(20-17-14(22)16-18-20)10(15)7-12(9)23-19(4-2)13(8)21/h3,6-8H,1,4-5H2,2H3,(H,17,22). The number of rotatable bonds is 4. The maximum absolute atomic E-state index is 14.3. The Bertz CT molecular complexity index is 828. The van der Waals surface area contributed by atoms with Crippen molar-refractivity contribution in [1.29, 1.82) is 0 Å². The quantitative estimate of drug-likeness (QED) is 0.846. The van der Waals surface area contributed by atoms with Gasteiger partial charge in [-0.2, -0.15) is 5.06 Å². The highest BCUT2D eigenvalue weighted by Gasteiger charge is 2.34. The number of amides is 1. The van der Waals surface area contributed by atoms with Gasteiger partial charge >= 0.3 is 5.69 Å². The Labute approximate surface area is 130 Å². The van der Waals surface area contributed by atoms with Gasteiger partial charge in [0.05, 0.1) is 12.5 Å². The van der Waals surface area contributed by atoms with Crippen LogP contribution in [0.3, 0.4) is 0 Å². The summed E-state index contributed by atoms with van der Waals surface area (Å²) in [6.45, 7) is 5.76. The molecule has 3 rings (SSSR count). The topological polar surface area (TPSA) is 93.1 Å². The lowest BCUT2D eigenvalue weighted by Crippen LogP contribution is -2.41. The Morgan fingerprint density at radius 2 is 2.26 bits per heavy atom. The third-order valence-electron chi connectivity index (χ3n) is 3.55. The lowest BCUT2D eigenvalue weighted by molar-refractivity contribution is -0.162. The minimum absolute atomic E-state index is 0.0197. The van der Waals surface area contributed by atoms with Crippen molar-refractivity contribution in [2.75, 3.05) is 6.54 Å². The second-order valence-corrected chi connectivity index (χ2v) is 4.96. The molecule has 9 heteroatoms.